The molecular weight excluding hydrogens is 234 g/mol. The van der Waals surface area contributed by atoms with E-state index in [4.69, 9.17) is 9.52 Å². The molecule has 0 aliphatic rings. The number of amides is 1. The summed E-state index contributed by atoms with van der Waals surface area (Å²) in [6.07, 6.45) is 1.21. The van der Waals surface area contributed by atoms with E-state index >= 15 is 0 Å². The van der Waals surface area contributed by atoms with Crippen LogP contribution < -0.4 is 5.32 Å². The van der Waals surface area contributed by atoms with Crippen molar-refractivity contribution in [1.82, 2.24) is 5.32 Å². The van der Waals surface area contributed by atoms with Gasteiger partial charge in [0.1, 0.15) is 11.3 Å². The fraction of sp³-hybridized carbons (Fsp3) is 0.538. The molecule has 0 radical (unpaired) electrons. The van der Waals surface area contributed by atoms with Crippen molar-refractivity contribution in [2.45, 2.75) is 46.1 Å². The molecule has 0 aliphatic carbocycles. The van der Waals surface area contributed by atoms with Gasteiger partial charge >= 0.3 is 5.97 Å². The Labute approximate surface area is 106 Å². The number of aryl methyl sites for hydroxylation is 1. The number of hydrogen-bond donors (Lipinski definition) is 2. The van der Waals surface area contributed by atoms with E-state index in [9.17, 15) is 9.59 Å². The van der Waals surface area contributed by atoms with Gasteiger partial charge in [-0.2, -0.15) is 0 Å². The zero-order valence-electron chi connectivity index (χ0n) is 11.2. The molecule has 0 fully saturated rings. The third-order valence-electron chi connectivity index (χ3n) is 2.92. The summed E-state index contributed by atoms with van der Waals surface area (Å²) in [5.41, 5.74) is -0.295. The van der Waals surface area contributed by atoms with Gasteiger partial charge in [0.05, 0.1) is 0 Å². The van der Waals surface area contributed by atoms with Gasteiger partial charge in [0, 0.05) is 18.0 Å². The Morgan fingerprint density at radius 1 is 1.39 bits per heavy atom. The molecular formula is C13H19NO4. The largest absolute Gasteiger partial charge is 0.478 e. The van der Waals surface area contributed by atoms with E-state index in [1.165, 1.54) is 6.07 Å². The second-order valence-electron chi connectivity index (χ2n) is 4.80. The van der Waals surface area contributed by atoms with Gasteiger partial charge in [-0.15, -0.1) is 0 Å². The van der Waals surface area contributed by atoms with E-state index in [-0.39, 0.29) is 22.8 Å². The molecule has 1 amide bonds. The second-order valence-corrected chi connectivity index (χ2v) is 4.80. The molecule has 0 atom stereocenters. The van der Waals surface area contributed by atoms with E-state index < -0.39 is 5.97 Å². The van der Waals surface area contributed by atoms with E-state index in [0.717, 1.165) is 6.42 Å². The summed E-state index contributed by atoms with van der Waals surface area (Å²) >= 11 is 0. The average Bonchev–Trinajstić information content (AvgIpc) is 2.72. The van der Waals surface area contributed by atoms with Crippen LogP contribution >= 0.6 is 0 Å². The number of carboxylic acid groups (broad SMARTS) is 1. The second kappa shape index (κ2) is 5.25. The van der Waals surface area contributed by atoms with Crippen LogP contribution in [0.5, 0.6) is 0 Å². The van der Waals surface area contributed by atoms with Gasteiger partial charge in [-0.25, -0.2) is 4.79 Å². The molecule has 1 aromatic heterocycles. The monoisotopic (exact) mass is 253 g/mol. The van der Waals surface area contributed by atoms with Gasteiger partial charge in [-0.1, -0.05) is 13.8 Å². The van der Waals surface area contributed by atoms with Crippen molar-refractivity contribution in [3.05, 3.63) is 23.2 Å². The lowest BCUT2D eigenvalue weighted by atomic mass is 10.0. The van der Waals surface area contributed by atoms with Crippen molar-refractivity contribution in [1.29, 1.82) is 0 Å². The highest BCUT2D eigenvalue weighted by molar-refractivity contribution is 5.96. The Balaban J connectivity index is 2.97. The maximum absolute atomic E-state index is 11.9. The highest BCUT2D eigenvalue weighted by Crippen LogP contribution is 2.18. The van der Waals surface area contributed by atoms with Crippen molar-refractivity contribution in [3.63, 3.8) is 0 Å². The SMILES string of the molecule is CCc1oc(C(=O)NC(C)(C)CC)cc1C(=O)O. The normalized spacial score (nSPS) is 11.3. The first-order valence-corrected chi connectivity index (χ1v) is 5.99. The molecule has 100 valence electrons. The first kappa shape index (κ1) is 14.3. The summed E-state index contributed by atoms with van der Waals surface area (Å²) in [5, 5.41) is 11.8. The molecule has 18 heavy (non-hydrogen) atoms. The third-order valence-corrected chi connectivity index (χ3v) is 2.92. The number of carbonyl (C=O) groups excluding carboxylic acids is 1. The van der Waals surface area contributed by atoms with Crippen molar-refractivity contribution in [2.75, 3.05) is 0 Å². The van der Waals surface area contributed by atoms with Crippen LogP contribution in [-0.4, -0.2) is 22.5 Å². The number of aromatic carboxylic acids is 1. The molecule has 1 aromatic rings. The lowest BCUT2D eigenvalue weighted by molar-refractivity contribution is 0.0694. The summed E-state index contributed by atoms with van der Waals surface area (Å²) < 4.78 is 5.28. The Bertz CT molecular complexity index is 460. The van der Waals surface area contributed by atoms with Crippen LogP contribution in [0.15, 0.2) is 10.5 Å². The molecule has 0 saturated heterocycles. The molecule has 1 heterocycles. The molecule has 0 aromatic carbocycles. The minimum absolute atomic E-state index is 0.0470. The van der Waals surface area contributed by atoms with Gasteiger partial charge in [0.25, 0.3) is 5.91 Å². The quantitative estimate of drug-likeness (QED) is 0.844. The van der Waals surface area contributed by atoms with Crippen LogP contribution in [0, 0.1) is 0 Å². The zero-order chi connectivity index (χ0) is 13.9. The standard InChI is InChI=1S/C13H19NO4/c1-5-9-8(12(16)17)7-10(18-9)11(15)14-13(3,4)6-2/h7H,5-6H2,1-4H3,(H,14,15)(H,16,17). The van der Waals surface area contributed by atoms with Crippen molar-refractivity contribution in [3.8, 4) is 0 Å². The van der Waals surface area contributed by atoms with E-state index in [1.807, 2.05) is 20.8 Å². The van der Waals surface area contributed by atoms with Crippen LogP contribution in [0.2, 0.25) is 0 Å². The van der Waals surface area contributed by atoms with Crippen LogP contribution in [-0.2, 0) is 6.42 Å². The number of hydrogen-bond acceptors (Lipinski definition) is 3. The minimum atomic E-state index is -1.08. The molecule has 0 unspecified atom stereocenters. The molecule has 5 nitrogen and oxygen atoms in total. The molecule has 1 rings (SSSR count). The zero-order valence-corrected chi connectivity index (χ0v) is 11.2. The highest BCUT2D eigenvalue weighted by Gasteiger charge is 2.24. The number of carbonyl (C=O) groups is 2. The van der Waals surface area contributed by atoms with Crippen LogP contribution in [0.25, 0.3) is 0 Å². The summed E-state index contributed by atoms with van der Waals surface area (Å²) in [6, 6.07) is 1.28. The molecule has 0 saturated carbocycles. The van der Waals surface area contributed by atoms with Gasteiger partial charge < -0.3 is 14.8 Å². The number of carboxylic acids is 1. The molecule has 0 bridgehead atoms. The summed E-state index contributed by atoms with van der Waals surface area (Å²) in [4.78, 5) is 22.9. The first-order valence-electron chi connectivity index (χ1n) is 5.99. The van der Waals surface area contributed by atoms with Gasteiger partial charge in [0.15, 0.2) is 5.76 Å². The Morgan fingerprint density at radius 2 is 2.00 bits per heavy atom. The van der Waals surface area contributed by atoms with Gasteiger partial charge in [-0.05, 0) is 20.3 Å². The minimum Gasteiger partial charge on any atom is -0.478 e. The fourth-order valence-electron chi connectivity index (χ4n) is 1.44. The predicted molar refractivity (Wildman–Crippen MR) is 66.9 cm³/mol. The summed E-state index contributed by atoms with van der Waals surface area (Å²) in [5.74, 6) is -1.10. The van der Waals surface area contributed by atoms with Crippen molar-refractivity contribution in [2.24, 2.45) is 0 Å². The topological polar surface area (TPSA) is 79.5 Å². The summed E-state index contributed by atoms with van der Waals surface area (Å²) in [6.45, 7) is 7.53. The van der Waals surface area contributed by atoms with Gasteiger partial charge in [-0.3, -0.25) is 4.79 Å². The maximum Gasteiger partial charge on any atom is 0.339 e. The lowest BCUT2D eigenvalue weighted by Gasteiger charge is -2.23. The lowest BCUT2D eigenvalue weighted by Crippen LogP contribution is -2.42. The maximum atomic E-state index is 11.9. The van der Waals surface area contributed by atoms with Crippen LogP contribution in [0.1, 0.15) is 60.8 Å². The molecule has 2 N–H and O–H groups in total. The molecule has 0 spiro atoms. The summed E-state index contributed by atoms with van der Waals surface area (Å²) in [7, 11) is 0. The number of nitrogens with one attached hydrogen (secondary N) is 1. The predicted octanol–water partition coefficient (Wildman–Crippen LogP) is 2.46. The van der Waals surface area contributed by atoms with Crippen molar-refractivity contribution >= 4 is 11.9 Å². The first-order chi connectivity index (χ1) is 8.30. The van der Waals surface area contributed by atoms with Crippen molar-refractivity contribution < 1.29 is 19.1 Å². The average molecular weight is 253 g/mol. The smallest absolute Gasteiger partial charge is 0.339 e. The van der Waals surface area contributed by atoms with Crippen LogP contribution in [0.3, 0.4) is 0 Å². The van der Waals surface area contributed by atoms with Gasteiger partial charge in [0.2, 0.25) is 0 Å². The van der Waals surface area contributed by atoms with E-state index in [1.54, 1.807) is 6.92 Å². The Morgan fingerprint density at radius 3 is 2.39 bits per heavy atom. The van der Waals surface area contributed by atoms with Crippen LogP contribution in [0.4, 0.5) is 0 Å². The number of rotatable bonds is 5. The molecule has 5 heteroatoms. The number of furan rings is 1. The fourth-order valence-corrected chi connectivity index (χ4v) is 1.44. The Hall–Kier alpha value is -1.78. The highest BCUT2D eigenvalue weighted by atomic mass is 16.4. The third kappa shape index (κ3) is 3.12. The van der Waals surface area contributed by atoms with E-state index in [0.29, 0.717) is 12.2 Å². The van der Waals surface area contributed by atoms with E-state index in [2.05, 4.69) is 5.32 Å². The Kier molecular flexibility index (Phi) is 4.16. The molecule has 0 aliphatic heterocycles.